The van der Waals surface area contributed by atoms with Crippen molar-refractivity contribution in [2.45, 2.75) is 19.5 Å². The van der Waals surface area contributed by atoms with E-state index in [1.807, 2.05) is 0 Å². The standard InChI is InChI=1S/C9H16N4O2/c1-7(10)9(14)12-8-5-11-13(6-8)3-4-15-2/h5-7H,3-4,10H2,1-2H3,(H,12,14)/t7-/m0/s1. The van der Waals surface area contributed by atoms with E-state index >= 15 is 0 Å². The van der Waals surface area contributed by atoms with Crippen molar-refractivity contribution in [2.24, 2.45) is 5.73 Å². The van der Waals surface area contributed by atoms with Gasteiger partial charge in [-0.25, -0.2) is 0 Å². The Balaban J connectivity index is 2.49. The molecule has 1 aromatic heterocycles. The first-order valence-corrected chi connectivity index (χ1v) is 4.71. The van der Waals surface area contributed by atoms with Gasteiger partial charge < -0.3 is 15.8 Å². The molecule has 0 radical (unpaired) electrons. The van der Waals surface area contributed by atoms with Crippen molar-refractivity contribution in [3.05, 3.63) is 12.4 Å². The van der Waals surface area contributed by atoms with Gasteiger partial charge in [0.15, 0.2) is 0 Å². The lowest BCUT2D eigenvalue weighted by atomic mass is 10.3. The molecule has 0 aromatic carbocycles. The zero-order valence-electron chi connectivity index (χ0n) is 8.93. The molecule has 0 aliphatic carbocycles. The van der Waals surface area contributed by atoms with E-state index in [0.717, 1.165) is 0 Å². The van der Waals surface area contributed by atoms with Crippen LogP contribution >= 0.6 is 0 Å². The zero-order valence-corrected chi connectivity index (χ0v) is 8.93. The fraction of sp³-hybridized carbons (Fsp3) is 0.556. The van der Waals surface area contributed by atoms with E-state index in [-0.39, 0.29) is 5.91 Å². The number of carbonyl (C=O) groups is 1. The monoisotopic (exact) mass is 212 g/mol. The highest BCUT2D eigenvalue weighted by molar-refractivity contribution is 5.94. The molecule has 0 spiro atoms. The fourth-order valence-corrected chi connectivity index (χ4v) is 0.991. The second kappa shape index (κ2) is 5.47. The molecule has 6 heteroatoms. The van der Waals surface area contributed by atoms with Crippen molar-refractivity contribution in [3.63, 3.8) is 0 Å². The Morgan fingerprint density at radius 2 is 2.53 bits per heavy atom. The Morgan fingerprint density at radius 1 is 1.80 bits per heavy atom. The largest absolute Gasteiger partial charge is 0.383 e. The summed E-state index contributed by atoms with van der Waals surface area (Å²) in [4.78, 5) is 11.2. The molecule has 1 atom stereocenters. The number of nitrogens with one attached hydrogen (secondary N) is 1. The van der Waals surface area contributed by atoms with Crippen molar-refractivity contribution in [3.8, 4) is 0 Å². The van der Waals surface area contributed by atoms with Crippen LogP contribution in [0.5, 0.6) is 0 Å². The molecule has 0 saturated carbocycles. The summed E-state index contributed by atoms with van der Waals surface area (Å²) in [5, 5.41) is 6.70. The number of aromatic nitrogens is 2. The third-order valence-electron chi connectivity index (χ3n) is 1.84. The summed E-state index contributed by atoms with van der Waals surface area (Å²) < 4.78 is 6.60. The van der Waals surface area contributed by atoms with Gasteiger partial charge in [-0.2, -0.15) is 5.10 Å². The van der Waals surface area contributed by atoms with Crippen molar-refractivity contribution < 1.29 is 9.53 Å². The number of anilines is 1. The highest BCUT2D eigenvalue weighted by Gasteiger charge is 2.08. The predicted molar refractivity (Wildman–Crippen MR) is 56.4 cm³/mol. The van der Waals surface area contributed by atoms with Crippen LogP contribution in [0, 0.1) is 0 Å². The van der Waals surface area contributed by atoms with Gasteiger partial charge in [-0.1, -0.05) is 0 Å². The molecular weight excluding hydrogens is 196 g/mol. The van der Waals surface area contributed by atoms with Crippen molar-refractivity contribution in [1.29, 1.82) is 0 Å². The average Bonchev–Trinajstić information content (AvgIpc) is 2.62. The second-order valence-electron chi connectivity index (χ2n) is 3.26. The number of nitrogens with two attached hydrogens (primary N) is 1. The molecule has 0 saturated heterocycles. The summed E-state index contributed by atoms with van der Waals surface area (Å²) >= 11 is 0. The normalized spacial score (nSPS) is 12.5. The maximum atomic E-state index is 11.2. The zero-order chi connectivity index (χ0) is 11.3. The van der Waals surface area contributed by atoms with Gasteiger partial charge in [0, 0.05) is 13.3 Å². The molecule has 6 nitrogen and oxygen atoms in total. The minimum atomic E-state index is -0.521. The van der Waals surface area contributed by atoms with Gasteiger partial charge in [0.05, 0.1) is 31.1 Å². The molecule has 0 fully saturated rings. The maximum absolute atomic E-state index is 11.2. The molecule has 1 rings (SSSR count). The number of carbonyl (C=O) groups excluding carboxylic acids is 1. The number of nitrogens with zero attached hydrogens (tertiary/aromatic N) is 2. The van der Waals surface area contributed by atoms with E-state index in [1.165, 1.54) is 0 Å². The van der Waals surface area contributed by atoms with Crippen LogP contribution in [0.15, 0.2) is 12.4 Å². The van der Waals surface area contributed by atoms with Crippen LogP contribution in [0.3, 0.4) is 0 Å². The number of amides is 1. The van der Waals surface area contributed by atoms with Crippen LogP contribution < -0.4 is 11.1 Å². The Bertz CT molecular complexity index is 322. The summed E-state index contributed by atoms with van der Waals surface area (Å²) in [6.45, 7) is 2.87. The van der Waals surface area contributed by atoms with Crippen LogP contribution in [-0.2, 0) is 16.1 Å². The number of hydrogen-bond donors (Lipinski definition) is 2. The molecule has 3 N–H and O–H groups in total. The molecule has 1 aromatic rings. The van der Waals surface area contributed by atoms with Crippen molar-refractivity contribution in [1.82, 2.24) is 9.78 Å². The first-order chi connectivity index (χ1) is 7.13. The van der Waals surface area contributed by atoms with Crippen molar-refractivity contribution in [2.75, 3.05) is 19.0 Å². The minimum Gasteiger partial charge on any atom is -0.383 e. The molecule has 0 aliphatic rings. The Kier molecular flexibility index (Phi) is 4.26. The first kappa shape index (κ1) is 11.7. The third kappa shape index (κ3) is 3.69. The third-order valence-corrected chi connectivity index (χ3v) is 1.84. The lowest BCUT2D eigenvalue weighted by molar-refractivity contribution is -0.117. The number of methoxy groups -OCH3 is 1. The number of ether oxygens (including phenoxy) is 1. The average molecular weight is 212 g/mol. The molecular formula is C9H16N4O2. The lowest BCUT2D eigenvalue weighted by Crippen LogP contribution is -2.32. The Morgan fingerprint density at radius 3 is 3.13 bits per heavy atom. The van der Waals surface area contributed by atoms with Crippen LogP contribution in [0.4, 0.5) is 5.69 Å². The van der Waals surface area contributed by atoms with Gasteiger partial charge in [-0.3, -0.25) is 9.48 Å². The number of rotatable bonds is 5. The van der Waals surface area contributed by atoms with Gasteiger partial charge in [-0.15, -0.1) is 0 Å². The van der Waals surface area contributed by atoms with Crippen LogP contribution in [-0.4, -0.2) is 35.4 Å². The molecule has 1 heterocycles. The first-order valence-electron chi connectivity index (χ1n) is 4.71. The summed E-state index contributed by atoms with van der Waals surface area (Å²) in [6.07, 6.45) is 3.31. The molecule has 84 valence electrons. The molecule has 0 unspecified atom stereocenters. The minimum absolute atomic E-state index is 0.221. The van der Waals surface area contributed by atoms with Crippen LogP contribution in [0.1, 0.15) is 6.92 Å². The Labute approximate surface area is 88.4 Å². The molecule has 15 heavy (non-hydrogen) atoms. The van der Waals surface area contributed by atoms with Gasteiger partial charge in [0.25, 0.3) is 0 Å². The number of hydrogen-bond acceptors (Lipinski definition) is 4. The summed E-state index contributed by atoms with van der Waals surface area (Å²) in [6, 6.07) is -0.521. The van der Waals surface area contributed by atoms with Crippen LogP contribution in [0.25, 0.3) is 0 Å². The SMILES string of the molecule is COCCn1cc(NC(=O)[C@H](C)N)cn1. The van der Waals surface area contributed by atoms with E-state index < -0.39 is 6.04 Å². The summed E-state index contributed by atoms with van der Waals surface area (Å²) in [5.74, 6) is -0.221. The maximum Gasteiger partial charge on any atom is 0.241 e. The molecule has 1 amide bonds. The molecule has 0 aliphatic heterocycles. The predicted octanol–water partition coefficient (Wildman–Crippen LogP) is -0.185. The Hall–Kier alpha value is -1.40. The van der Waals surface area contributed by atoms with E-state index in [1.54, 1.807) is 31.1 Å². The topological polar surface area (TPSA) is 82.2 Å². The van der Waals surface area contributed by atoms with E-state index in [2.05, 4.69) is 10.4 Å². The lowest BCUT2D eigenvalue weighted by Gasteiger charge is -2.04. The second-order valence-corrected chi connectivity index (χ2v) is 3.26. The van der Waals surface area contributed by atoms with Crippen molar-refractivity contribution >= 4 is 11.6 Å². The van der Waals surface area contributed by atoms with Gasteiger partial charge in [0.1, 0.15) is 0 Å². The smallest absolute Gasteiger partial charge is 0.241 e. The fourth-order valence-electron chi connectivity index (χ4n) is 0.991. The van der Waals surface area contributed by atoms with Crippen LogP contribution in [0.2, 0.25) is 0 Å². The van der Waals surface area contributed by atoms with Gasteiger partial charge >= 0.3 is 0 Å². The highest BCUT2D eigenvalue weighted by atomic mass is 16.5. The van der Waals surface area contributed by atoms with Gasteiger partial charge in [0.2, 0.25) is 5.91 Å². The highest BCUT2D eigenvalue weighted by Crippen LogP contribution is 2.04. The summed E-state index contributed by atoms with van der Waals surface area (Å²) in [5.41, 5.74) is 6.06. The van der Waals surface area contributed by atoms with Gasteiger partial charge in [-0.05, 0) is 6.92 Å². The summed E-state index contributed by atoms with van der Waals surface area (Å²) in [7, 11) is 1.63. The quantitative estimate of drug-likeness (QED) is 0.709. The molecule has 0 bridgehead atoms. The van der Waals surface area contributed by atoms with E-state index in [9.17, 15) is 4.79 Å². The van der Waals surface area contributed by atoms with E-state index in [4.69, 9.17) is 10.5 Å². The van der Waals surface area contributed by atoms with E-state index in [0.29, 0.717) is 18.8 Å².